The Morgan fingerprint density at radius 3 is 1.95 bits per heavy atom. The third-order valence-corrected chi connectivity index (χ3v) is 9.42. The standard InChI is InChI=1S/C37H26N2S/c1-37(2)30-22-26(25-18-20-32-29(21-25)27-15-9-10-16-31(27)40-32)17-19-28(30)35-33(37)34(23-11-5-3-6-12-23)38-36(39-35)24-13-7-4-8-14-24/h3-22H,1-2H3. The molecule has 0 saturated carbocycles. The molecule has 0 amide bonds. The van der Waals surface area contributed by atoms with Gasteiger partial charge in [0.15, 0.2) is 5.82 Å². The summed E-state index contributed by atoms with van der Waals surface area (Å²) in [4.78, 5) is 10.4. The van der Waals surface area contributed by atoms with Gasteiger partial charge < -0.3 is 0 Å². The lowest BCUT2D eigenvalue weighted by molar-refractivity contribution is 0.658. The molecule has 0 bridgehead atoms. The molecule has 1 aliphatic rings. The number of rotatable bonds is 3. The molecule has 0 spiro atoms. The zero-order valence-corrected chi connectivity index (χ0v) is 23.2. The summed E-state index contributed by atoms with van der Waals surface area (Å²) in [6.07, 6.45) is 0. The number of hydrogen-bond acceptors (Lipinski definition) is 3. The Bertz CT molecular complexity index is 2070. The van der Waals surface area contributed by atoms with E-state index in [0.717, 1.165) is 28.3 Å². The van der Waals surface area contributed by atoms with Crippen LogP contribution in [0.2, 0.25) is 0 Å². The van der Waals surface area contributed by atoms with Crippen LogP contribution in [0.1, 0.15) is 25.0 Å². The highest BCUT2D eigenvalue weighted by Crippen LogP contribution is 2.52. The van der Waals surface area contributed by atoms with Crippen LogP contribution in [0.25, 0.3) is 65.2 Å². The van der Waals surface area contributed by atoms with E-state index in [4.69, 9.17) is 9.97 Å². The molecule has 190 valence electrons. The Balaban J connectivity index is 1.33. The van der Waals surface area contributed by atoms with Crippen LogP contribution in [0.3, 0.4) is 0 Å². The molecule has 40 heavy (non-hydrogen) atoms. The van der Waals surface area contributed by atoms with Crippen LogP contribution >= 0.6 is 11.3 Å². The highest BCUT2D eigenvalue weighted by Gasteiger charge is 2.40. The third-order valence-electron chi connectivity index (χ3n) is 8.27. The van der Waals surface area contributed by atoms with Crippen LogP contribution < -0.4 is 0 Å². The Labute approximate surface area is 237 Å². The van der Waals surface area contributed by atoms with Gasteiger partial charge in [-0.05, 0) is 41.0 Å². The van der Waals surface area contributed by atoms with Gasteiger partial charge in [-0.3, -0.25) is 0 Å². The molecule has 7 aromatic rings. The summed E-state index contributed by atoms with van der Waals surface area (Å²) in [7, 11) is 0. The van der Waals surface area contributed by atoms with Crippen molar-refractivity contribution in [3.05, 3.63) is 132 Å². The van der Waals surface area contributed by atoms with Crippen molar-refractivity contribution >= 4 is 31.5 Å². The molecule has 0 atom stereocenters. The molecule has 0 radical (unpaired) electrons. The topological polar surface area (TPSA) is 25.8 Å². The fourth-order valence-electron chi connectivity index (χ4n) is 6.26. The lowest BCUT2D eigenvalue weighted by Gasteiger charge is -2.24. The zero-order valence-electron chi connectivity index (χ0n) is 22.3. The van der Waals surface area contributed by atoms with Crippen LogP contribution in [-0.4, -0.2) is 9.97 Å². The number of hydrogen-bond donors (Lipinski definition) is 0. The fourth-order valence-corrected chi connectivity index (χ4v) is 7.34. The van der Waals surface area contributed by atoms with Crippen molar-refractivity contribution in [3.8, 4) is 45.0 Å². The summed E-state index contributed by atoms with van der Waals surface area (Å²) in [5.41, 5.74) is 10.1. The summed E-state index contributed by atoms with van der Waals surface area (Å²) in [6, 6.07) is 43.3. The third kappa shape index (κ3) is 3.48. The van der Waals surface area contributed by atoms with Crippen LogP contribution in [0.4, 0.5) is 0 Å². The van der Waals surface area contributed by atoms with Crippen molar-refractivity contribution in [2.75, 3.05) is 0 Å². The van der Waals surface area contributed by atoms with Gasteiger partial charge in [-0.1, -0.05) is 111 Å². The van der Waals surface area contributed by atoms with Gasteiger partial charge in [0.1, 0.15) is 0 Å². The van der Waals surface area contributed by atoms with Gasteiger partial charge in [0.05, 0.1) is 11.4 Å². The molecule has 5 aromatic carbocycles. The molecule has 2 heterocycles. The quantitative estimate of drug-likeness (QED) is 0.227. The summed E-state index contributed by atoms with van der Waals surface area (Å²) in [5.74, 6) is 0.765. The molecule has 1 aliphatic carbocycles. The first-order valence-electron chi connectivity index (χ1n) is 13.7. The average molecular weight is 531 g/mol. The van der Waals surface area contributed by atoms with Gasteiger partial charge in [-0.2, -0.15) is 0 Å². The van der Waals surface area contributed by atoms with E-state index in [-0.39, 0.29) is 5.41 Å². The maximum Gasteiger partial charge on any atom is 0.160 e. The van der Waals surface area contributed by atoms with E-state index in [9.17, 15) is 0 Å². The van der Waals surface area contributed by atoms with Crippen molar-refractivity contribution in [3.63, 3.8) is 0 Å². The lowest BCUT2D eigenvalue weighted by atomic mass is 9.80. The van der Waals surface area contributed by atoms with Gasteiger partial charge >= 0.3 is 0 Å². The average Bonchev–Trinajstić information content (AvgIpc) is 3.49. The number of benzene rings is 5. The molecule has 0 fully saturated rings. The predicted molar refractivity (Wildman–Crippen MR) is 169 cm³/mol. The maximum atomic E-state index is 5.21. The number of fused-ring (bicyclic) bond motifs is 6. The first-order valence-corrected chi connectivity index (χ1v) is 14.5. The molecule has 0 N–H and O–H groups in total. The first kappa shape index (κ1) is 23.3. The van der Waals surface area contributed by atoms with E-state index in [2.05, 4.69) is 117 Å². The number of thiophene rings is 1. The molecular weight excluding hydrogens is 504 g/mol. The molecule has 2 aromatic heterocycles. The van der Waals surface area contributed by atoms with Gasteiger partial charge in [-0.25, -0.2) is 9.97 Å². The Kier molecular flexibility index (Phi) is 5.07. The number of aromatic nitrogens is 2. The zero-order chi connectivity index (χ0) is 26.8. The monoisotopic (exact) mass is 530 g/mol. The van der Waals surface area contributed by atoms with Crippen molar-refractivity contribution in [2.45, 2.75) is 19.3 Å². The largest absolute Gasteiger partial charge is 0.228 e. The SMILES string of the molecule is CC1(C)c2cc(-c3ccc4sc5ccccc5c4c3)ccc2-c2nc(-c3ccccc3)nc(-c3ccccc3)c21. The van der Waals surface area contributed by atoms with Crippen molar-refractivity contribution in [1.82, 2.24) is 9.97 Å². The van der Waals surface area contributed by atoms with Gasteiger partial charge in [-0.15, -0.1) is 11.3 Å². The molecule has 0 saturated heterocycles. The minimum Gasteiger partial charge on any atom is -0.228 e. The van der Waals surface area contributed by atoms with E-state index in [1.54, 1.807) is 0 Å². The predicted octanol–water partition coefficient (Wildman–Crippen LogP) is 10.2. The van der Waals surface area contributed by atoms with Crippen molar-refractivity contribution < 1.29 is 0 Å². The summed E-state index contributed by atoms with van der Waals surface area (Å²) >= 11 is 1.86. The number of nitrogens with zero attached hydrogens (tertiary/aromatic N) is 2. The highest BCUT2D eigenvalue weighted by molar-refractivity contribution is 7.25. The van der Waals surface area contributed by atoms with Gasteiger partial charge in [0.25, 0.3) is 0 Å². The van der Waals surface area contributed by atoms with Gasteiger partial charge in [0.2, 0.25) is 0 Å². The minimum atomic E-state index is -0.250. The van der Waals surface area contributed by atoms with Crippen LogP contribution in [0.5, 0.6) is 0 Å². The van der Waals surface area contributed by atoms with E-state index in [1.165, 1.54) is 48.0 Å². The van der Waals surface area contributed by atoms with E-state index < -0.39 is 0 Å². The second-order valence-electron chi connectivity index (χ2n) is 11.0. The second kappa shape index (κ2) is 8.70. The molecule has 0 unspecified atom stereocenters. The van der Waals surface area contributed by atoms with Crippen LogP contribution in [-0.2, 0) is 5.41 Å². The second-order valence-corrected chi connectivity index (χ2v) is 12.1. The molecule has 8 rings (SSSR count). The van der Waals surface area contributed by atoms with Crippen LogP contribution in [0, 0.1) is 0 Å². The minimum absolute atomic E-state index is 0.250. The highest BCUT2D eigenvalue weighted by atomic mass is 32.1. The van der Waals surface area contributed by atoms with E-state index in [1.807, 2.05) is 29.5 Å². The lowest BCUT2D eigenvalue weighted by Crippen LogP contribution is -2.17. The van der Waals surface area contributed by atoms with Crippen molar-refractivity contribution in [1.29, 1.82) is 0 Å². The Morgan fingerprint density at radius 1 is 0.525 bits per heavy atom. The first-order chi connectivity index (χ1) is 19.6. The fraction of sp³-hybridized carbons (Fsp3) is 0.0811. The summed E-state index contributed by atoms with van der Waals surface area (Å²) in [5, 5.41) is 2.65. The van der Waals surface area contributed by atoms with Gasteiger partial charge in [0, 0.05) is 47.8 Å². The molecule has 3 heteroatoms. The van der Waals surface area contributed by atoms with E-state index >= 15 is 0 Å². The maximum absolute atomic E-state index is 5.21. The summed E-state index contributed by atoms with van der Waals surface area (Å²) < 4.78 is 2.66. The Morgan fingerprint density at radius 2 is 1.15 bits per heavy atom. The van der Waals surface area contributed by atoms with Crippen LogP contribution in [0.15, 0.2) is 121 Å². The molecule has 0 aliphatic heterocycles. The molecule has 2 nitrogen and oxygen atoms in total. The molecular formula is C37H26N2S. The van der Waals surface area contributed by atoms with E-state index in [0.29, 0.717) is 0 Å². The smallest absolute Gasteiger partial charge is 0.160 e. The van der Waals surface area contributed by atoms with Crippen molar-refractivity contribution in [2.24, 2.45) is 0 Å². The summed E-state index contributed by atoms with van der Waals surface area (Å²) in [6.45, 7) is 4.63. The normalized spacial score (nSPS) is 13.4. The Hall–Kier alpha value is -4.60.